The SMILES string of the molecule is CSC1=NC2(CC(C)(C)Oc3ccc(C#N)cc32)C(=O)N1. The fraction of sp³-hybridized carbons (Fsp3) is 0.400. The Balaban J connectivity index is 2.25. The number of nitriles is 1. The number of thioether (sulfide) groups is 1. The molecule has 21 heavy (non-hydrogen) atoms. The average Bonchev–Trinajstić information content (AvgIpc) is 2.74. The Kier molecular flexibility index (Phi) is 2.99. The van der Waals surface area contributed by atoms with Gasteiger partial charge >= 0.3 is 0 Å². The van der Waals surface area contributed by atoms with Gasteiger partial charge < -0.3 is 10.1 Å². The van der Waals surface area contributed by atoms with E-state index in [9.17, 15) is 4.79 Å². The number of aliphatic imine (C=N–C) groups is 1. The molecule has 0 radical (unpaired) electrons. The van der Waals surface area contributed by atoms with E-state index in [0.717, 1.165) is 0 Å². The smallest absolute Gasteiger partial charge is 0.258 e. The van der Waals surface area contributed by atoms with Crippen molar-refractivity contribution in [1.29, 1.82) is 5.26 Å². The molecular weight excluding hydrogens is 286 g/mol. The molecule has 1 N–H and O–H groups in total. The molecule has 0 aliphatic carbocycles. The summed E-state index contributed by atoms with van der Waals surface area (Å²) in [5.74, 6) is 0.464. The van der Waals surface area contributed by atoms with Crippen molar-refractivity contribution in [2.75, 3.05) is 6.26 Å². The Morgan fingerprint density at radius 2 is 2.24 bits per heavy atom. The minimum absolute atomic E-state index is 0.153. The van der Waals surface area contributed by atoms with Crippen LogP contribution in [0.2, 0.25) is 0 Å². The molecule has 1 unspecified atom stereocenters. The van der Waals surface area contributed by atoms with Gasteiger partial charge in [-0.2, -0.15) is 5.26 Å². The summed E-state index contributed by atoms with van der Waals surface area (Å²) in [6, 6.07) is 7.25. The number of fused-ring (bicyclic) bond motifs is 2. The van der Waals surface area contributed by atoms with Crippen molar-refractivity contribution < 1.29 is 9.53 Å². The highest BCUT2D eigenvalue weighted by Crippen LogP contribution is 2.48. The molecule has 1 atom stereocenters. The molecule has 0 bridgehead atoms. The highest BCUT2D eigenvalue weighted by molar-refractivity contribution is 8.13. The topological polar surface area (TPSA) is 74.5 Å². The van der Waals surface area contributed by atoms with E-state index in [1.807, 2.05) is 20.1 Å². The summed E-state index contributed by atoms with van der Waals surface area (Å²) >= 11 is 1.40. The summed E-state index contributed by atoms with van der Waals surface area (Å²) < 4.78 is 5.96. The Labute approximate surface area is 127 Å². The summed E-state index contributed by atoms with van der Waals surface area (Å²) in [6.45, 7) is 3.88. The van der Waals surface area contributed by atoms with Crippen LogP contribution in [-0.4, -0.2) is 22.9 Å². The monoisotopic (exact) mass is 301 g/mol. The first kappa shape index (κ1) is 14.0. The third-order valence-electron chi connectivity index (χ3n) is 3.70. The van der Waals surface area contributed by atoms with E-state index in [0.29, 0.717) is 28.5 Å². The van der Waals surface area contributed by atoms with E-state index in [-0.39, 0.29) is 5.91 Å². The van der Waals surface area contributed by atoms with Crippen LogP contribution in [0, 0.1) is 11.3 Å². The van der Waals surface area contributed by atoms with Crippen LogP contribution in [0.4, 0.5) is 0 Å². The van der Waals surface area contributed by atoms with Crippen LogP contribution in [0.25, 0.3) is 0 Å². The van der Waals surface area contributed by atoms with Crippen molar-refractivity contribution in [3.8, 4) is 11.8 Å². The fourth-order valence-corrected chi connectivity index (χ4v) is 3.35. The lowest BCUT2D eigenvalue weighted by Gasteiger charge is -2.40. The normalized spacial score (nSPS) is 25.6. The van der Waals surface area contributed by atoms with Gasteiger partial charge in [-0.05, 0) is 38.3 Å². The van der Waals surface area contributed by atoms with Gasteiger partial charge in [-0.3, -0.25) is 4.79 Å². The Hall–Kier alpha value is -2.00. The number of hydrogen-bond donors (Lipinski definition) is 1. The molecule has 1 aromatic rings. The number of rotatable bonds is 0. The van der Waals surface area contributed by atoms with Crippen LogP contribution in [-0.2, 0) is 10.3 Å². The number of nitrogens with one attached hydrogen (secondary N) is 1. The van der Waals surface area contributed by atoms with Crippen molar-refractivity contribution >= 4 is 22.8 Å². The maximum Gasteiger partial charge on any atom is 0.258 e. The van der Waals surface area contributed by atoms with Gasteiger partial charge in [-0.15, -0.1) is 0 Å². The molecule has 1 aromatic carbocycles. The molecule has 3 rings (SSSR count). The van der Waals surface area contributed by atoms with Gasteiger partial charge in [0.05, 0.1) is 11.6 Å². The predicted molar refractivity (Wildman–Crippen MR) is 81.3 cm³/mol. The molecule has 1 spiro atoms. The molecule has 0 saturated carbocycles. The maximum absolute atomic E-state index is 12.6. The van der Waals surface area contributed by atoms with Gasteiger partial charge in [0.1, 0.15) is 11.4 Å². The summed E-state index contributed by atoms with van der Waals surface area (Å²) in [4.78, 5) is 17.2. The molecule has 2 aliphatic rings. The highest BCUT2D eigenvalue weighted by atomic mass is 32.2. The second kappa shape index (κ2) is 4.50. The van der Waals surface area contributed by atoms with Crippen molar-refractivity contribution in [2.45, 2.75) is 31.4 Å². The average molecular weight is 301 g/mol. The quantitative estimate of drug-likeness (QED) is 0.797. The lowest BCUT2D eigenvalue weighted by molar-refractivity contribution is -0.127. The zero-order chi connectivity index (χ0) is 15.3. The molecule has 2 heterocycles. The second-order valence-electron chi connectivity index (χ2n) is 5.80. The van der Waals surface area contributed by atoms with Gasteiger partial charge in [-0.25, -0.2) is 4.99 Å². The van der Waals surface area contributed by atoms with Crippen LogP contribution < -0.4 is 10.1 Å². The molecule has 1 amide bonds. The zero-order valence-corrected chi connectivity index (χ0v) is 12.9. The van der Waals surface area contributed by atoms with Gasteiger partial charge in [-0.1, -0.05) is 11.8 Å². The van der Waals surface area contributed by atoms with Crippen LogP contribution >= 0.6 is 11.8 Å². The van der Waals surface area contributed by atoms with E-state index >= 15 is 0 Å². The minimum atomic E-state index is -0.998. The van der Waals surface area contributed by atoms with E-state index < -0.39 is 11.1 Å². The summed E-state index contributed by atoms with van der Waals surface area (Å²) in [5, 5.41) is 12.5. The first-order chi connectivity index (χ1) is 9.90. The van der Waals surface area contributed by atoms with E-state index in [1.54, 1.807) is 18.2 Å². The fourth-order valence-electron chi connectivity index (χ4n) is 2.91. The number of amidine groups is 1. The lowest BCUT2D eigenvalue weighted by atomic mass is 9.77. The molecule has 108 valence electrons. The lowest BCUT2D eigenvalue weighted by Crippen LogP contribution is -2.48. The first-order valence-corrected chi connectivity index (χ1v) is 7.82. The van der Waals surface area contributed by atoms with Crippen LogP contribution in [0.15, 0.2) is 23.2 Å². The van der Waals surface area contributed by atoms with Gasteiger partial charge in [0.25, 0.3) is 5.91 Å². The van der Waals surface area contributed by atoms with E-state index in [4.69, 9.17) is 10.00 Å². The highest BCUT2D eigenvalue weighted by Gasteiger charge is 2.53. The number of carbonyl (C=O) groups excluding carboxylic acids is 1. The largest absolute Gasteiger partial charge is 0.487 e. The molecule has 0 saturated heterocycles. The molecular formula is C15H15N3O2S. The summed E-state index contributed by atoms with van der Waals surface area (Å²) in [6.07, 6.45) is 2.31. The molecule has 5 nitrogen and oxygen atoms in total. The zero-order valence-electron chi connectivity index (χ0n) is 12.1. The predicted octanol–water partition coefficient (Wildman–Crippen LogP) is 2.16. The number of nitrogens with zero attached hydrogens (tertiary/aromatic N) is 2. The Morgan fingerprint density at radius 3 is 2.86 bits per heavy atom. The van der Waals surface area contributed by atoms with Crippen LogP contribution in [0.3, 0.4) is 0 Å². The van der Waals surface area contributed by atoms with Gasteiger partial charge in [0, 0.05) is 12.0 Å². The number of hydrogen-bond acceptors (Lipinski definition) is 5. The molecule has 6 heteroatoms. The van der Waals surface area contributed by atoms with Gasteiger partial charge in [0.15, 0.2) is 10.7 Å². The molecule has 2 aliphatic heterocycles. The molecule has 0 aromatic heterocycles. The van der Waals surface area contributed by atoms with Crippen LogP contribution in [0.1, 0.15) is 31.4 Å². The number of ether oxygens (including phenoxy) is 1. The van der Waals surface area contributed by atoms with E-state index in [1.165, 1.54) is 11.8 Å². The summed E-state index contributed by atoms with van der Waals surface area (Å²) in [5.41, 5.74) is -0.336. The third kappa shape index (κ3) is 2.09. The van der Waals surface area contributed by atoms with Crippen molar-refractivity contribution in [2.24, 2.45) is 4.99 Å². The first-order valence-electron chi connectivity index (χ1n) is 6.59. The number of benzene rings is 1. The van der Waals surface area contributed by atoms with E-state index in [2.05, 4.69) is 16.4 Å². The Bertz CT molecular complexity index is 705. The van der Waals surface area contributed by atoms with Crippen molar-refractivity contribution in [3.63, 3.8) is 0 Å². The van der Waals surface area contributed by atoms with Crippen LogP contribution in [0.5, 0.6) is 5.75 Å². The minimum Gasteiger partial charge on any atom is -0.487 e. The summed E-state index contributed by atoms with van der Waals surface area (Å²) in [7, 11) is 0. The maximum atomic E-state index is 12.6. The number of carbonyl (C=O) groups is 1. The number of amides is 1. The van der Waals surface area contributed by atoms with Crippen molar-refractivity contribution in [3.05, 3.63) is 29.3 Å². The standard InChI is InChI=1S/C15H15N3O2S/c1-14(2)8-15(12(19)17-13(18-15)21-3)10-6-9(7-16)4-5-11(10)20-14/h4-6H,8H2,1-3H3,(H,17,18,19). The van der Waals surface area contributed by atoms with Gasteiger partial charge in [0.2, 0.25) is 0 Å². The Morgan fingerprint density at radius 1 is 1.48 bits per heavy atom. The third-order valence-corrected chi connectivity index (χ3v) is 4.28. The van der Waals surface area contributed by atoms with Crippen molar-refractivity contribution in [1.82, 2.24) is 5.32 Å². The second-order valence-corrected chi connectivity index (χ2v) is 6.59. The molecule has 0 fully saturated rings.